The molecule has 0 N–H and O–H groups in total. The first-order valence-electron chi connectivity index (χ1n) is 25.0. The van der Waals surface area contributed by atoms with Gasteiger partial charge in [-0.25, -0.2) is 4.98 Å². The van der Waals surface area contributed by atoms with E-state index in [1.807, 2.05) is 24.4 Å². The minimum Gasteiger partial charge on any atom is -0.509 e. The van der Waals surface area contributed by atoms with Crippen molar-refractivity contribution in [3.8, 4) is 34.1 Å². The molecule has 0 saturated carbocycles. The van der Waals surface area contributed by atoms with Gasteiger partial charge in [0.15, 0.2) is 0 Å². The van der Waals surface area contributed by atoms with Gasteiger partial charge in [-0.2, -0.15) is 12.1 Å². The fourth-order valence-electron chi connectivity index (χ4n) is 10.4. The molecule has 7 heteroatoms. The van der Waals surface area contributed by atoms with Gasteiger partial charge in [-0.3, -0.25) is 0 Å². The molecule has 0 amide bonds. The van der Waals surface area contributed by atoms with Crippen LogP contribution >= 0.6 is 0 Å². The number of pyridine rings is 1. The second-order valence-corrected chi connectivity index (χ2v) is 22.3. The minimum atomic E-state index is -0.0712. The average molecular weight is 1130 g/mol. The van der Waals surface area contributed by atoms with Gasteiger partial charge in [-0.05, 0) is 105 Å². The third-order valence-electron chi connectivity index (χ3n) is 14.3. The molecule has 0 spiro atoms. The molecule has 3 aromatic heterocycles. The van der Waals surface area contributed by atoms with E-state index in [2.05, 4.69) is 258 Å². The number of hydrogen-bond acceptors (Lipinski definition) is 4. The smallest absolute Gasteiger partial charge is 0.135 e. The van der Waals surface area contributed by atoms with Crippen LogP contribution in [0.1, 0.15) is 79.0 Å². The Morgan fingerprint density at radius 3 is 1.78 bits per heavy atom. The standard InChI is InChI=1S/C66H58N5O.Pt/c1-64(2,3)44-33-34-67-62(38-44)71-59-32-29-48(70-57-26-15-13-23-53(57)54-24-14-16-27-58(54)70)40-56(59)55-31-30-51(41-61(55)71)72-50-22-17-21-47(39-50)68-42-69(49-36-45(65(4,5)6)35-46(37-49)66(7,8)9)63-52(25-18-28-60(63)68)43-19-11-10-12-20-43;/h10-38,40,42H,1-9H3;/q-3;. The second kappa shape index (κ2) is 18.0. The van der Waals surface area contributed by atoms with Gasteiger partial charge in [0.2, 0.25) is 0 Å². The van der Waals surface area contributed by atoms with E-state index in [9.17, 15) is 0 Å². The summed E-state index contributed by atoms with van der Waals surface area (Å²) in [6.07, 6.45) is 1.92. The predicted molar refractivity (Wildman–Crippen MR) is 300 cm³/mol. The monoisotopic (exact) mass is 1130 g/mol. The van der Waals surface area contributed by atoms with Crippen LogP contribution in [0.15, 0.2) is 182 Å². The number of rotatable bonds is 7. The number of ether oxygens (including phenoxy) is 1. The molecule has 0 unspecified atom stereocenters. The molecule has 0 radical (unpaired) electrons. The van der Waals surface area contributed by atoms with Crippen molar-refractivity contribution < 1.29 is 25.8 Å². The van der Waals surface area contributed by atoms with Gasteiger partial charge in [0, 0.05) is 83.4 Å². The van der Waals surface area contributed by atoms with Crippen molar-refractivity contribution in [2.24, 2.45) is 0 Å². The third-order valence-corrected chi connectivity index (χ3v) is 14.3. The Balaban J connectivity index is 0.00000574. The normalized spacial score (nSPS) is 13.1. The van der Waals surface area contributed by atoms with Crippen LogP contribution in [0.2, 0.25) is 0 Å². The quantitative estimate of drug-likeness (QED) is 0.149. The topological polar surface area (TPSA) is 38.5 Å². The van der Waals surface area contributed by atoms with Gasteiger partial charge in [-0.15, -0.1) is 48.1 Å². The first-order chi connectivity index (χ1) is 34.6. The van der Waals surface area contributed by atoms with Crippen molar-refractivity contribution in [3.05, 3.63) is 218 Å². The molecule has 0 aliphatic carbocycles. The number of nitrogens with zero attached hydrogens (tertiary/aromatic N) is 5. The molecular weight excluding hydrogens is 1070 g/mol. The van der Waals surface area contributed by atoms with Crippen LogP contribution in [0.3, 0.4) is 0 Å². The van der Waals surface area contributed by atoms with E-state index in [-0.39, 0.29) is 37.3 Å². The summed E-state index contributed by atoms with van der Waals surface area (Å²) in [6.45, 7) is 22.7. The molecule has 4 heterocycles. The molecule has 1 aliphatic rings. The molecule has 0 saturated heterocycles. The Morgan fingerprint density at radius 1 is 0.466 bits per heavy atom. The van der Waals surface area contributed by atoms with Crippen LogP contribution in [0, 0.1) is 18.8 Å². The largest absolute Gasteiger partial charge is 0.509 e. The second-order valence-electron chi connectivity index (χ2n) is 22.3. The maximum absolute atomic E-state index is 6.83. The number of para-hydroxylation sites is 3. The van der Waals surface area contributed by atoms with E-state index in [1.54, 1.807) is 0 Å². The Bertz CT molecular complexity index is 3820. The zero-order chi connectivity index (χ0) is 49.7. The summed E-state index contributed by atoms with van der Waals surface area (Å²) in [5.41, 5.74) is 15.5. The molecule has 8 aromatic carbocycles. The van der Waals surface area contributed by atoms with E-state index in [0.29, 0.717) is 11.5 Å². The van der Waals surface area contributed by atoms with Crippen LogP contribution < -0.4 is 14.5 Å². The number of aromatic nitrogens is 3. The van der Waals surface area contributed by atoms with Gasteiger partial charge in [0.05, 0.1) is 11.0 Å². The van der Waals surface area contributed by atoms with Crippen LogP contribution in [0.4, 0.5) is 22.7 Å². The molecule has 0 atom stereocenters. The van der Waals surface area contributed by atoms with Crippen LogP contribution in [0.25, 0.3) is 66.2 Å². The Labute approximate surface area is 443 Å². The molecular formula is C66H58N5OPt-3. The molecule has 11 aromatic rings. The van der Waals surface area contributed by atoms with Gasteiger partial charge in [0.1, 0.15) is 5.82 Å². The summed E-state index contributed by atoms with van der Waals surface area (Å²) in [6, 6.07) is 70.5. The van der Waals surface area contributed by atoms with Crippen molar-refractivity contribution in [1.29, 1.82) is 0 Å². The van der Waals surface area contributed by atoms with Crippen molar-refractivity contribution in [2.45, 2.75) is 78.6 Å². The Morgan fingerprint density at radius 2 is 1.10 bits per heavy atom. The summed E-state index contributed by atoms with van der Waals surface area (Å²) in [7, 11) is 0. The minimum absolute atomic E-state index is 0. The Hall–Kier alpha value is -7.40. The molecule has 0 bridgehead atoms. The van der Waals surface area contributed by atoms with E-state index >= 15 is 0 Å². The summed E-state index contributed by atoms with van der Waals surface area (Å²) in [5.74, 6) is 2.01. The van der Waals surface area contributed by atoms with E-state index in [4.69, 9.17) is 9.72 Å². The third kappa shape index (κ3) is 8.50. The van der Waals surface area contributed by atoms with Gasteiger partial charge < -0.3 is 23.7 Å². The van der Waals surface area contributed by atoms with E-state index in [0.717, 1.165) is 67.2 Å². The van der Waals surface area contributed by atoms with Crippen LogP contribution in [-0.4, -0.2) is 14.1 Å². The zero-order valence-electron chi connectivity index (χ0n) is 42.9. The molecule has 366 valence electrons. The SMILES string of the molecule is CC(C)(C)c1cc(N2[CH-]N(c3[c-]c(Oc4[c-]c5c(cc4)c4cc(-n6c7ccccc7c7ccccc76)ccc4n5-c4cc(C(C)(C)C)ccn4)ccc3)c3cccc(-c4ccccc4)c32)cc(C(C)(C)C)c1.[Pt]. The number of hydrogen-bond donors (Lipinski definition) is 0. The first-order valence-corrected chi connectivity index (χ1v) is 25.0. The maximum atomic E-state index is 6.83. The zero-order valence-corrected chi connectivity index (χ0v) is 45.1. The van der Waals surface area contributed by atoms with E-state index in [1.165, 1.54) is 38.5 Å². The molecule has 6 nitrogen and oxygen atoms in total. The van der Waals surface area contributed by atoms with Crippen molar-refractivity contribution in [3.63, 3.8) is 0 Å². The summed E-state index contributed by atoms with van der Waals surface area (Å²) < 4.78 is 11.4. The fourth-order valence-corrected chi connectivity index (χ4v) is 10.4. The average Bonchev–Trinajstić information content (AvgIpc) is 4.04. The molecule has 0 fully saturated rings. The van der Waals surface area contributed by atoms with Crippen LogP contribution in [-0.2, 0) is 37.3 Å². The van der Waals surface area contributed by atoms with Crippen LogP contribution in [0.5, 0.6) is 11.5 Å². The summed E-state index contributed by atoms with van der Waals surface area (Å²) in [4.78, 5) is 9.60. The van der Waals surface area contributed by atoms with Crippen molar-refractivity contribution in [1.82, 2.24) is 14.1 Å². The van der Waals surface area contributed by atoms with E-state index < -0.39 is 0 Å². The van der Waals surface area contributed by atoms with Crippen molar-refractivity contribution >= 4 is 66.4 Å². The van der Waals surface area contributed by atoms with Gasteiger partial charge in [0.25, 0.3) is 0 Å². The van der Waals surface area contributed by atoms with Gasteiger partial charge in [-0.1, -0.05) is 153 Å². The molecule has 1 aliphatic heterocycles. The number of anilines is 4. The fraction of sp³-hybridized carbons (Fsp3) is 0.182. The van der Waals surface area contributed by atoms with Crippen molar-refractivity contribution in [2.75, 3.05) is 9.80 Å². The Kier molecular flexibility index (Phi) is 11.8. The number of benzene rings is 8. The summed E-state index contributed by atoms with van der Waals surface area (Å²) >= 11 is 0. The molecule has 73 heavy (non-hydrogen) atoms. The first kappa shape index (κ1) is 47.9. The predicted octanol–water partition coefficient (Wildman–Crippen LogP) is 17.6. The molecule has 12 rings (SSSR count). The maximum Gasteiger partial charge on any atom is 0.135 e. The van der Waals surface area contributed by atoms with Gasteiger partial charge >= 0.3 is 0 Å². The summed E-state index contributed by atoms with van der Waals surface area (Å²) in [5, 5.41) is 4.63. The number of fused-ring (bicyclic) bond motifs is 7.